The Morgan fingerprint density at radius 3 is 2.42 bits per heavy atom. The highest BCUT2D eigenvalue weighted by Gasteiger charge is 2.16. The monoisotopic (exact) mass is 413 g/mol. The van der Waals surface area contributed by atoms with E-state index >= 15 is 0 Å². The molecule has 1 saturated heterocycles. The Balaban J connectivity index is 1.21. The largest absolute Gasteiger partial charge is 0.381 e. The van der Waals surface area contributed by atoms with E-state index in [2.05, 4.69) is 80.0 Å². The van der Waals surface area contributed by atoms with Crippen LogP contribution in [0.3, 0.4) is 0 Å². The number of hydrogen-bond acceptors (Lipinski definition) is 6. The average Bonchev–Trinajstić information content (AvgIpc) is 3.25. The van der Waals surface area contributed by atoms with Gasteiger partial charge in [0.15, 0.2) is 0 Å². The number of aromatic nitrogens is 4. The van der Waals surface area contributed by atoms with Crippen molar-refractivity contribution in [1.82, 2.24) is 24.3 Å². The number of imidazole rings is 1. The lowest BCUT2D eigenvalue weighted by molar-refractivity contribution is 0.311. The summed E-state index contributed by atoms with van der Waals surface area (Å²) in [6.07, 6.45) is 7.94. The third-order valence-electron chi connectivity index (χ3n) is 5.83. The predicted molar refractivity (Wildman–Crippen MR) is 124 cm³/mol. The second-order valence-electron chi connectivity index (χ2n) is 8.16. The molecule has 0 aliphatic carbocycles. The summed E-state index contributed by atoms with van der Waals surface area (Å²) < 4.78 is 2.07. The maximum absolute atomic E-state index is 4.78. The van der Waals surface area contributed by atoms with Crippen molar-refractivity contribution in [3.8, 4) is 11.3 Å². The second kappa shape index (κ2) is 8.35. The van der Waals surface area contributed by atoms with Crippen molar-refractivity contribution in [2.75, 3.05) is 43.4 Å². The number of fused-ring (bicyclic) bond motifs is 1. The van der Waals surface area contributed by atoms with Crippen LogP contribution in [0.1, 0.15) is 11.1 Å². The van der Waals surface area contributed by atoms with E-state index < -0.39 is 0 Å². The van der Waals surface area contributed by atoms with Gasteiger partial charge in [0, 0.05) is 74.3 Å². The molecule has 5 rings (SSSR count). The van der Waals surface area contributed by atoms with Crippen LogP contribution < -0.4 is 10.2 Å². The number of benzene rings is 1. The maximum Gasteiger partial charge on any atom is 0.225 e. The molecular formula is C24H27N7. The Kier molecular flexibility index (Phi) is 5.26. The van der Waals surface area contributed by atoms with Crippen molar-refractivity contribution in [3.05, 3.63) is 72.3 Å². The van der Waals surface area contributed by atoms with Crippen molar-refractivity contribution < 1.29 is 0 Å². The molecule has 1 aromatic carbocycles. The summed E-state index contributed by atoms with van der Waals surface area (Å²) >= 11 is 0. The van der Waals surface area contributed by atoms with Gasteiger partial charge in [-0.15, -0.1) is 0 Å². The molecule has 158 valence electrons. The van der Waals surface area contributed by atoms with Gasteiger partial charge in [-0.3, -0.25) is 0 Å². The normalized spacial score (nSPS) is 14.8. The molecule has 0 bridgehead atoms. The number of piperazine rings is 1. The van der Waals surface area contributed by atoms with Crippen LogP contribution in [0.5, 0.6) is 0 Å². The standard InChI is InChI=1S/C24H27N7/c1-18-4-3-9-31-17-22(28-23(18)31)20-5-7-21(8-6-20)25-14-19-15-26-24(27-16-19)30-12-10-29(2)11-13-30/h3-9,15-17,25H,10-14H2,1-2H3. The molecular weight excluding hydrogens is 386 g/mol. The van der Waals surface area contributed by atoms with E-state index in [9.17, 15) is 0 Å². The summed E-state index contributed by atoms with van der Waals surface area (Å²) in [5.74, 6) is 0.823. The number of likely N-dealkylation sites (N-methyl/N-ethyl adjacent to an activating group) is 1. The first kappa shape index (κ1) is 19.5. The lowest BCUT2D eigenvalue weighted by atomic mass is 10.1. The number of nitrogens with zero attached hydrogens (tertiary/aromatic N) is 6. The lowest BCUT2D eigenvalue weighted by Crippen LogP contribution is -2.45. The van der Waals surface area contributed by atoms with Gasteiger partial charge in [-0.05, 0) is 37.7 Å². The van der Waals surface area contributed by atoms with Gasteiger partial charge in [-0.2, -0.15) is 0 Å². The molecule has 7 nitrogen and oxygen atoms in total. The fourth-order valence-corrected chi connectivity index (χ4v) is 3.86. The molecule has 1 fully saturated rings. The first-order valence-electron chi connectivity index (χ1n) is 10.7. The lowest BCUT2D eigenvalue weighted by Gasteiger charge is -2.32. The Morgan fingerprint density at radius 1 is 0.968 bits per heavy atom. The Bertz CT molecular complexity index is 1160. The van der Waals surface area contributed by atoms with Gasteiger partial charge in [-0.25, -0.2) is 15.0 Å². The number of aryl methyl sites for hydroxylation is 1. The Hall–Kier alpha value is -3.45. The van der Waals surface area contributed by atoms with Crippen molar-refractivity contribution in [1.29, 1.82) is 0 Å². The molecule has 0 unspecified atom stereocenters. The van der Waals surface area contributed by atoms with Gasteiger partial charge in [-0.1, -0.05) is 18.2 Å². The van der Waals surface area contributed by atoms with Crippen molar-refractivity contribution >= 4 is 17.3 Å². The van der Waals surface area contributed by atoms with Crippen LogP contribution in [0.2, 0.25) is 0 Å². The fourth-order valence-electron chi connectivity index (χ4n) is 3.86. The summed E-state index contributed by atoms with van der Waals surface area (Å²) in [6.45, 7) is 6.84. The highest BCUT2D eigenvalue weighted by atomic mass is 15.3. The van der Waals surface area contributed by atoms with E-state index in [1.165, 1.54) is 5.56 Å². The Morgan fingerprint density at radius 2 is 1.71 bits per heavy atom. The highest BCUT2D eigenvalue weighted by Crippen LogP contribution is 2.22. The fraction of sp³-hybridized carbons (Fsp3) is 0.292. The first-order valence-corrected chi connectivity index (χ1v) is 10.7. The molecule has 1 N–H and O–H groups in total. The second-order valence-corrected chi connectivity index (χ2v) is 8.16. The molecule has 0 amide bonds. The third kappa shape index (κ3) is 4.22. The summed E-state index contributed by atoms with van der Waals surface area (Å²) in [7, 11) is 2.15. The quantitative estimate of drug-likeness (QED) is 0.541. The molecule has 7 heteroatoms. The smallest absolute Gasteiger partial charge is 0.225 e. The van der Waals surface area contributed by atoms with Crippen molar-refractivity contribution in [3.63, 3.8) is 0 Å². The SMILES string of the molecule is Cc1cccn2cc(-c3ccc(NCc4cnc(N5CCN(C)CC5)nc4)cc3)nc12. The number of pyridine rings is 1. The highest BCUT2D eigenvalue weighted by molar-refractivity contribution is 5.66. The molecule has 4 aromatic rings. The van der Waals surface area contributed by atoms with E-state index in [4.69, 9.17) is 4.98 Å². The molecule has 4 heterocycles. The van der Waals surface area contributed by atoms with Crippen LogP contribution in [0, 0.1) is 6.92 Å². The minimum atomic E-state index is 0.690. The van der Waals surface area contributed by atoms with Gasteiger partial charge < -0.3 is 19.5 Å². The molecule has 0 atom stereocenters. The van der Waals surface area contributed by atoms with Crippen LogP contribution in [0.4, 0.5) is 11.6 Å². The number of hydrogen-bond donors (Lipinski definition) is 1. The molecule has 3 aromatic heterocycles. The van der Waals surface area contributed by atoms with Crippen LogP contribution in [0.15, 0.2) is 61.2 Å². The van der Waals surface area contributed by atoms with Crippen LogP contribution >= 0.6 is 0 Å². The van der Waals surface area contributed by atoms with Crippen molar-refractivity contribution in [2.24, 2.45) is 0 Å². The van der Waals surface area contributed by atoms with Crippen molar-refractivity contribution in [2.45, 2.75) is 13.5 Å². The number of nitrogens with one attached hydrogen (secondary N) is 1. The van der Waals surface area contributed by atoms with Gasteiger partial charge >= 0.3 is 0 Å². The molecule has 0 saturated carbocycles. The summed E-state index contributed by atoms with van der Waals surface area (Å²) in [4.78, 5) is 18.5. The summed E-state index contributed by atoms with van der Waals surface area (Å²) in [5, 5.41) is 3.45. The summed E-state index contributed by atoms with van der Waals surface area (Å²) in [5.41, 5.74) is 6.39. The van der Waals surface area contributed by atoms with Crippen LogP contribution in [-0.2, 0) is 6.54 Å². The minimum Gasteiger partial charge on any atom is -0.381 e. The zero-order valence-corrected chi connectivity index (χ0v) is 18.0. The minimum absolute atomic E-state index is 0.690. The zero-order valence-electron chi connectivity index (χ0n) is 18.0. The van der Waals surface area contributed by atoms with E-state index in [0.717, 1.165) is 60.3 Å². The van der Waals surface area contributed by atoms with Crippen LogP contribution in [-0.4, -0.2) is 57.5 Å². The van der Waals surface area contributed by atoms with E-state index in [0.29, 0.717) is 6.54 Å². The molecule has 31 heavy (non-hydrogen) atoms. The maximum atomic E-state index is 4.78. The number of rotatable bonds is 5. The topological polar surface area (TPSA) is 61.6 Å². The third-order valence-corrected chi connectivity index (χ3v) is 5.83. The molecule has 0 radical (unpaired) electrons. The van der Waals surface area contributed by atoms with Gasteiger partial charge in [0.25, 0.3) is 0 Å². The zero-order chi connectivity index (χ0) is 21.2. The first-order chi connectivity index (χ1) is 15.2. The molecule has 0 spiro atoms. The number of anilines is 2. The molecule has 1 aliphatic heterocycles. The predicted octanol–water partition coefficient (Wildman–Crippen LogP) is 3.46. The van der Waals surface area contributed by atoms with Gasteiger partial charge in [0.1, 0.15) is 5.65 Å². The van der Waals surface area contributed by atoms with Crippen LogP contribution in [0.25, 0.3) is 16.9 Å². The van der Waals surface area contributed by atoms with E-state index in [1.54, 1.807) is 0 Å². The molecule has 1 aliphatic rings. The summed E-state index contributed by atoms with van der Waals surface area (Å²) in [6, 6.07) is 12.5. The van der Waals surface area contributed by atoms with Gasteiger partial charge in [0.05, 0.1) is 5.69 Å². The Labute approximate surface area is 182 Å². The van der Waals surface area contributed by atoms with E-state index in [1.807, 2.05) is 24.7 Å². The average molecular weight is 414 g/mol. The van der Waals surface area contributed by atoms with Gasteiger partial charge in [0.2, 0.25) is 5.95 Å². The van der Waals surface area contributed by atoms with E-state index in [-0.39, 0.29) is 0 Å².